The molecule has 0 spiro atoms. The van der Waals surface area contributed by atoms with Gasteiger partial charge in [0, 0.05) is 6.42 Å². The quantitative estimate of drug-likeness (QED) is 0.552. The van der Waals surface area contributed by atoms with Crippen LogP contribution in [-0.2, 0) is 0 Å². The number of allylic oxidation sites excluding steroid dienone is 3. The monoisotopic (exact) mass is 414 g/mol. The summed E-state index contributed by atoms with van der Waals surface area (Å²) in [5.74, 6) is 2.66. The molecular formula is C27H42O3. The summed E-state index contributed by atoms with van der Waals surface area (Å²) in [4.78, 5) is 0. The van der Waals surface area contributed by atoms with Gasteiger partial charge in [-0.3, -0.25) is 0 Å². The van der Waals surface area contributed by atoms with Crippen molar-refractivity contribution in [2.75, 3.05) is 0 Å². The molecule has 0 bridgehead atoms. The van der Waals surface area contributed by atoms with E-state index in [0.717, 1.165) is 29.9 Å². The van der Waals surface area contributed by atoms with Gasteiger partial charge in [-0.1, -0.05) is 38.2 Å². The fourth-order valence-corrected chi connectivity index (χ4v) is 7.03. The highest BCUT2D eigenvalue weighted by atomic mass is 16.3. The Morgan fingerprint density at radius 3 is 2.63 bits per heavy atom. The van der Waals surface area contributed by atoms with Crippen LogP contribution in [0, 0.1) is 29.1 Å². The second kappa shape index (κ2) is 8.92. The summed E-state index contributed by atoms with van der Waals surface area (Å²) in [6.07, 6.45) is 15.2. The summed E-state index contributed by atoms with van der Waals surface area (Å²) < 4.78 is 0. The first-order chi connectivity index (χ1) is 14.3. The van der Waals surface area contributed by atoms with Crippen LogP contribution < -0.4 is 0 Å². The average molecular weight is 415 g/mol. The van der Waals surface area contributed by atoms with Gasteiger partial charge in [-0.2, -0.15) is 0 Å². The third-order valence-electron chi connectivity index (χ3n) is 9.07. The van der Waals surface area contributed by atoms with Gasteiger partial charge in [-0.05, 0) is 104 Å². The lowest BCUT2D eigenvalue weighted by Gasteiger charge is -2.44. The molecule has 4 fully saturated rings. The van der Waals surface area contributed by atoms with Gasteiger partial charge in [0.15, 0.2) is 0 Å². The average Bonchev–Trinajstić information content (AvgIpc) is 3.49. The van der Waals surface area contributed by atoms with Crippen LogP contribution >= 0.6 is 0 Å². The van der Waals surface area contributed by atoms with E-state index < -0.39 is 12.2 Å². The second-order valence-electron chi connectivity index (χ2n) is 11.1. The topological polar surface area (TPSA) is 60.7 Å². The van der Waals surface area contributed by atoms with Crippen molar-refractivity contribution in [3.63, 3.8) is 0 Å². The van der Waals surface area contributed by atoms with E-state index in [1.54, 1.807) is 5.57 Å². The third kappa shape index (κ3) is 4.49. The minimum Gasteiger partial charge on any atom is -0.393 e. The van der Waals surface area contributed by atoms with Crippen LogP contribution in [0.1, 0.15) is 84.5 Å². The summed E-state index contributed by atoms with van der Waals surface area (Å²) in [6, 6.07) is 0. The van der Waals surface area contributed by atoms with Gasteiger partial charge in [0.05, 0.1) is 18.3 Å². The van der Waals surface area contributed by atoms with Crippen molar-refractivity contribution in [1.29, 1.82) is 0 Å². The first-order valence-electron chi connectivity index (χ1n) is 12.4. The van der Waals surface area contributed by atoms with Gasteiger partial charge in [-0.25, -0.2) is 0 Å². The first kappa shape index (κ1) is 22.3. The molecule has 3 nitrogen and oxygen atoms in total. The molecule has 30 heavy (non-hydrogen) atoms. The van der Waals surface area contributed by atoms with Crippen LogP contribution in [-0.4, -0.2) is 33.6 Å². The smallest absolute Gasteiger partial charge is 0.0811 e. The number of aliphatic hydroxyl groups excluding tert-OH is 3. The highest BCUT2D eigenvalue weighted by Gasteiger charge is 2.50. The number of hydrogen-bond acceptors (Lipinski definition) is 3. The zero-order valence-corrected chi connectivity index (χ0v) is 19.0. The SMILES string of the molecule is C=C1/C(=C\C=C2/CCC[C@@]3(C)[C@@H]2CC[C@@H]3[C@H](C)CC[C@H](O)C2CC2)C[C@@H](O)C[C@@H]1O. The Kier molecular flexibility index (Phi) is 6.63. The van der Waals surface area contributed by atoms with Gasteiger partial charge in [0.1, 0.15) is 0 Å². The van der Waals surface area contributed by atoms with E-state index in [2.05, 4.69) is 32.6 Å². The highest BCUT2D eigenvalue weighted by Crippen LogP contribution is 2.60. The Balaban J connectivity index is 1.44. The Hall–Kier alpha value is -0.900. The first-order valence-corrected chi connectivity index (χ1v) is 12.4. The van der Waals surface area contributed by atoms with Crippen LogP contribution in [0.25, 0.3) is 0 Å². The van der Waals surface area contributed by atoms with E-state index in [-0.39, 0.29) is 6.10 Å². The third-order valence-corrected chi connectivity index (χ3v) is 9.07. The highest BCUT2D eigenvalue weighted by molar-refractivity contribution is 5.38. The minimum atomic E-state index is -0.613. The fraction of sp³-hybridized carbons (Fsp3) is 0.778. The van der Waals surface area contributed by atoms with E-state index in [4.69, 9.17) is 0 Å². The summed E-state index contributed by atoms with van der Waals surface area (Å²) in [6.45, 7) is 9.01. The molecule has 7 atom stereocenters. The van der Waals surface area contributed by atoms with E-state index in [0.29, 0.717) is 36.0 Å². The van der Waals surface area contributed by atoms with Gasteiger partial charge < -0.3 is 15.3 Å². The van der Waals surface area contributed by atoms with Crippen LogP contribution in [0.15, 0.2) is 35.5 Å². The molecule has 0 aromatic heterocycles. The molecule has 0 aromatic carbocycles. The van der Waals surface area contributed by atoms with Gasteiger partial charge >= 0.3 is 0 Å². The Morgan fingerprint density at radius 1 is 1.13 bits per heavy atom. The van der Waals surface area contributed by atoms with Crippen molar-refractivity contribution in [1.82, 2.24) is 0 Å². The van der Waals surface area contributed by atoms with Crippen LogP contribution in [0.5, 0.6) is 0 Å². The number of hydrogen-bond donors (Lipinski definition) is 3. The van der Waals surface area contributed by atoms with Gasteiger partial charge in [0.2, 0.25) is 0 Å². The number of aliphatic hydroxyl groups is 3. The maximum Gasteiger partial charge on any atom is 0.0811 e. The van der Waals surface area contributed by atoms with Crippen LogP contribution in [0.2, 0.25) is 0 Å². The van der Waals surface area contributed by atoms with E-state index in [1.807, 2.05) is 0 Å². The van der Waals surface area contributed by atoms with Crippen LogP contribution in [0.4, 0.5) is 0 Å². The lowest BCUT2D eigenvalue weighted by molar-refractivity contribution is 0.0784. The fourth-order valence-electron chi connectivity index (χ4n) is 7.03. The Bertz CT molecular complexity index is 703. The van der Waals surface area contributed by atoms with Crippen molar-refractivity contribution in [2.24, 2.45) is 29.1 Å². The minimum absolute atomic E-state index is 0.0693. The van der Waals surface area contributed by atoms with Crippen molar-refractivity contribution in [2.45, 2.75) is 103 Å². The predicted octanol–water partition coefficient (Wildman–Crippen LogP) is 5.31. The number of rotatable bonds is 6. The van der Waals surface area contributed by atoms with Crippen molar-refractivity contribution in [3.8, 4) is 0 Å². The van der Waals surface area contributed by atoms with Crippen molar-refractivity contribution >= 4 is 0 Å². The van der Waals surface area contributed by atoms with E-state index in [1.165, 1.54) is 44.9 Å². The largest absolute Gasteiger partial charge is 0.393 e. The normalized spacial score (nSPS) is 41.8. The molecule has 4 aliphatic rings. The predicted molar refractivity (Wildman–Crippen MR) is 122 cm³/mol. The molecular weight excluding hydrogens is 372 g/mol. The summed E-state index contributed by atoms with van der Waals surface area (Å²) in [7, 11) is 0. The van der Waals surface area contributed by atoms with Crippen molar-refractivity contribution < 1.29 is 15.3 Å². The molecule has 0 radical (unpaired) electrons. The lowest BCUT2D eigenvalue weighted by atomic mass is 9.60. The molecule has 0 aromatic rings. The van der Waals surface area contributed by atoms with E-state index >= 15 is 0 Å². The molecule has 3 N–H and O–H groups in total. The molecule has 3 heteroatoms. The standard InChI is InChI=1S/C27H42O3/c1-17(6-13-25(29)20-8-9-20)23-11-12-24-19(5-4-14-27(23,24)3)7-10-21-15-22(28)16-26(30)18(21)2/h7,10,17,20,22-26,28-30H,2,4-6,8-9,11-16H2,1,3H3/b19-7+,21-10-/t17-,22-,23-,24-,25+,26+,27-/m1/s1. The summed E-state index contributed by atoms with van der Waals surface area (Å²) >= 11 is 0. The Labute approximate surface area is 183 Å². The van der Waals surface area contributed by atoms with Crippen molar-refractivity contribution in [3.05, 3.63) is 35.5 Å². The maximum atomic E-state index is 10.3. The number of fused-ring (bicyclic) bond motifs is 1. The summed E-state index contributed by atoms with van der Waals surface area (Å²) in [5.41, 5.74) is 3.72. The molecule has 0 heterocycles. The zero-order valence-electron chi connectivity index (χ0n) is 19.0. The van der Waals surface area contributed by atoms with E-state index in [9.17, 15) is 15.3 Å². The molecule has 168 valence electrons. The molecule has 0 amide bonds. The lowest BCUT2D eigenvalue weighted by Crippen LogP contribution is -2.36. The summed E-state index contributed by atoms with van der Waals surface area (Å²) in [5, 5.41) is 30.5. The molecule has 4 rings (SSSR count). The Morgan fingerprint density at radius 2 is 1.90 bits per heavy atom. The molecule has 0 unspecified atom stereocenters. The maximum absolute atomic E-state index is 10.3. The second-order valence-corrected chi connectivity index (χ2v) is 11.1. The van der Waals surface area contributed by atoms with Gasteiger partial charge in [-0.15, -0.1) is 0 Å². The zero-order chi connectivity index (χ0) is 21.5. The molecule has 0 aliphatic heterocycles. The van der Waals surface area contributed by atoms with Gasteiger partial charge in [0.25, 0.3) is 0 Å². The van der Waals surface area contributed by atoms with Crippen LogP contribution in [0.3, 0.4) is 0 Å². The molecule has 4 saturated carbocycles. The molecule has 4 aliphatic carbocycles. The molecule has 0 saturated heterocycles.